The second-order valence-corrected chi connectivity index (χ2v) is 3.92. The molecule has 0 bridgehead atoms. The highest BCUT2D eigenvalue weighted by Gasteiger charge is 2.02. The van der Waals surface area contributed by atoms with Crippen molar-refractivity contribution < 1.29 is 0 Å². The van der Waals surface area contributed by atoms with E-state index < -0.39 is 0 Å². The Bertz CT molecular complexity index is 474. The molecule has 0 aliphatic rings. The van der Waals surface area contributed by atoms with Crippen molar-refractivity contribution in [3.8, 4) is 11.1 Å². The van der Waals surface area contributed by atoms with Gasteiger partial charge >= 0.3 is 0 Å². The highest BCUT2D eigenvalue weighted by Crippen LogP contribution is 2.27. The van der Waals surface area contributed by atoms with Gasteiger partial charge in [-0.1, -0.05) is 54.6 Å². The average molecular weight is 223 g/mol. The van der Waals surface area contributed by atoms with Gasteiger partial charge in [0.25, 0.3) is 0 Å². The molecule has 2 aromatic carbocycles. The first-order valence-electron chi connectivity index (χ1n) is 5.91. The van der Waals surface area contributed by atoms with Gasteiger partial charge in [-0.15, -0.1) is 6.58 Å². The van der Waals surface area contributed by atoms with Gasteiger partial charge in [-0.25, -0.2) is 0 Å². The van der Waals surface area contributed by atoms with Crippen molar-refractivity contribution in [1.29, 1.82) is 0 Å². The minimum absolute atomic E-state index is 0.924. The van der Waals surface area contributed by atoms with Crippen molar-refractivity contribution in [2.24, 2.45) is 0 Å². The molecule has 0 unspecified atom stereocenters. The SMILES string of the molecule is C=CCCNc1ccccc1-c1ccccc1. The number of hydrogen-bond acceptors (Lipinski definition) is 1. The minimum atomic E-state index is 0.924. The van der Waals surface area contributed by atoms with E-state index in [1.54, 1.807) is 0 Å². The highest BCUT2D eigenvalue weighted by atomic mass is 14.9. The monoisotopic (exact) mass is 223 g/mol. The lowest BCUT2D eigenvalue weighted by molar-refractivity contribution is 1.07. The van der Waals surface area contributed by atoms with Crippen LogP contribution in [0.5, 0.6) is 0 Å². The number of hydrogen-bond donors (Lipinski definition) is 1. The molecule has 86 valence electrons. The van der Waals surface area contributed by atoms with Gasteiger partial charge in [0.2, 0.25) is 0 Å². The quantitative estimate of drug-likeness (QED) is 0.587. The summed E-state index contributed by atoms with van der Waals surface area (Å²) in [6, 6.07) is 18.8. The van der Waals surface area contributed by atoms with E-state index in [1.165, 1.54) is 16.8 Å². The first-order valence-corrected chi connectivity index (χ1v) is 5.91. The molecule has 0 aliphatic heterocycles. The highest BCUT2D eigenvalue weighted by molar-refractivity contribution is 5.77. The zero-order chi connectivity index (χ0) is 11.9. The number of para-hydroxylation sites is 1. The molecule has 0 fully saturated rings. The molecular formula is C16H17N. The Kier molecular flexibility index (Phi) is 3.98. The molecule has 0 heterocycles. The maximum absolute atomic E-state index is 3.73. The molecule has 0 saturated carbocycles. The van der Waals surface area contributed by atoms with Gasteiger partial charge in [-0.2, -0.15) is 0 Å². The van der Waals surface area contributed by atoms with Gasteiger partial charge in [0.05, 0.1) is 0 Å². The first kappa shape index (κ1) is 11.5. The molecule has 2 rings (SSSR count). The van der Waals surface area contributed by atoms with E-state index in [1.807, 2.05) is 12.1 Å². The second kappa shape index (κ2) is 5.90. The van der Waals surface area contributed by atoms with E-state index in [-0.39, 0.29) is 0 Å². The van der Waals surface area contributed by atoms with Crippen molar-refractivity contribution >= 4 is 5.69 Å². The van der Waals surface area contributed by atoms with E-state index >= 15 is 0 Å². The smallest absolute Gasteiger partial charge is 0.0419 e. The van der Waals surface area contributed by atoms with Gasteiger partial charge in [-0.3, -0.25) is 0 Å². The summed E-state index contributed by atoms with van der Waals surface area (Å²) in [6.45, 7) is 4.66. The number of benzene rings is 2. The average Bonchev–Trinajstić information content (AvgIpc) is 2.41. The maximum atomic E-state index is 3.73. The van der Waals surface area contributed by atoms with Gasteiger partial charge in [0.15, 0.2) is 0 Å². The summed E-state index contributed by atoms with van der Waals surface area (Å²) < 4.78 is 0. The summed E-state index contributed by atoms with van der Waals surface area (Å²) in [5, 5.41) is 3.44. The summed E-state index contributed by atoms with van der Waals surface area (Å²) in [6.07, 6.45) is 2.90. The zero-order valence-electron chi connectivity index (χ0n) is 9.89. The van der Waals surface area contributed by atoms with Crippen molar-refractivity contribution in [3.05, 3.63) is 67.3 Å². The summed E-state index contributed by atoms with van der Waals surface area (Å²) in [4.78, 5) is 0. The van der Waals surface area contributed by atoms with Crippen LogP contribution in [0, 0.1) is 0 Å². The fourth-order valence-electron chi connectivity index (χ4n) is 1.82. The molecule has 1 nitrogen and oxygen atoms in total. The summed E-state index contributed by atoms with van der Waals surface area (Å²) in [5.74, 6) is 0. The largest absolute Gasteiger partial charge is 0.384 e. The van der Waals surface area contributed by atoms with Gasteiger partial charge < -0.3 is 5.32 Å². The molecule has 0 saturated heterocycles. The van der Waals surface area contributed by atoms with Crippen LogP contribution >= 0.6 is 0 Å². The molecular weight excluding hydrogens is 206 g/mol. The van der Waals surface area contributed by atoms with Crippen molar-refractivity contribution in [3.63, 3.8) is 0 Å². The Hall–Kier alpha value is -2.02. The Morgan fingerprint density at radius 2 is 1.65 bits per heavy atom. The first-order chi connectivity index (χ1) is 8.42. The second-order valence-electron chi connectivity index (χ2n) is 3.92. The van der Waals surface area contributed by atoms with E-state index in [4.69, 9.17) is 0 Å². The van der Waals surface area contributed by atoms with Crippen molar-refractivity contribution in [2.45, 2.75) is 6.42 Å². The third-order valence-corrected chi connectivity index (χ3v) is 2.68. The summed E-state index contributed by atoms with van der Waals surface area (Å²) in [7, 11) is 0. The predicted molar refractivity (Wildman–Crippen MR) is 75.2 cm³/mol. The fraction of sp³-hybridized carbons (Fsp3) is 0.125. The molecule has 0 aliphatic carbocycles. The topological polar surface area (TPSA) is 12.0 Å². The Balaban J connectivity index is 2.25. The molecule has 2 aromatic rings. The Morgan fingerprint density at radius 3 is 2.41 bits per heavy atom. The van der Waals surface area contributed by atoms with Crippen LogP contribution in [0.25, 0.3) is 11.1 Å². The lowest BCUT2D eigenvalue weighted by Gasteiger charge is -2.11. The van der Waals surface area contributed by atoms with Gasteiger partial charge in [0, 0.05) is 17.8 Å². The predicted octanol–water partition coefficient (Wildman–Crippen LogP) is 4.34. The fourth-order valence-corrected chi connectivity index (χ4v) is 1.82. The molecule has 0 atom stereocenters. The van der Waals surface area contributed by atoms with Crippen molar-refractivity contribution in [1.82, 2.24) is 0 Å². The Labute approximate surface area is 103 Å². The zero-order valence-corrected chi connectivity index (χ0v) is 9.89. The van der Waals surface area contributed by atoms with E-state index in [0.29, 0.717) is 0 Å². The van der Waals surface area contributed by atoms with Gasteiger partial charge in [-0.05, 0) is 18.1 Å². The Morgan fingerprint density at radius 1 is 0.941 bits per heavy atom. The molecule has 17 heavy (non-hydrogen) atoms. The maximum Gasteiger partial charge on any atom is 0.0419 e. The normalized spacial score (nSPS) is 9.88. The molecule has 0 radical (unpaired) electrons. The van der Waals surface area contributed by atoms with Crippen LogP contribution in [0.15, 0.2) is 67.3 Å². The lowest BCUT2D eigenvalue weighted by Crippen LogP contribution is -2.01. The van der Waals surface area contributed by atoms with Crippen LogP contribution in [0.4, 0.5) is 5.69 Å². The van der Waals surface area contributed by atoms with Gasteiger partial charge in [0.1, 0.15) is 0 Å². The van der Waals surface area contributed by atoms with Crippen LogP contribution in [0.3, 0.4) is 0 Å². The molecule has 1 heteroatoms. The number of rotatable bonds is 5. The van der Waals surface area contributed by atoms with E-state index in [9.17, 15) is 0 Å². The molecule has 0 spiro atoms. The van der Waals surface area contributed by atoms with E-state index in [0.717, 1.165) is 13.0 Å². The minimum Gasteiger partial charge on any atom is -0.384 e. The number of anilines is 1. The van der Waals surface area contributed by atoms with Crippen LogP contribution < -0.4 is 5.32 Å². The van der Waals surface area contributed by atoms with Crippen LogP contribution in [-0.4, -0.2) is 6.54 Å². The third kappa shape index (κ3) is 2.97. The van der Waals surface area contributed by atoms with Crippen LogP contribution in [-0.2, 0) is 0 Å². The summed E-state index contributed by atoms with van der Waals surface area (Å²) in [5.41, 5.74) is 3.67. The number of nitrogens with one attached hydrogen (secondary N) is 1. The molecule has 0 aromatic heterocycles. The van der Waals surface area contributed by atoms with Crippen LogP contribution in [0.2, 0.25) is 0 Å². The van der Waals surface area contributed by atoms with Crippen molar-refractivity contribution in [2.75, 3.05) is 11.9 Å². The van der Waals surface area contributed by atoms with E-state index in [2.05, 4.69) is 60.4 Å². The molecule has 1 N–H and O–H groups in total. The summed E-state index contributed by atoms with van der Waals surface area (Å²) >= 11 is 0. The lowest BCUT2D eigenvalue weighted by atomic mass is 10.0. The van der Waals surface area contributed by atoms with Crippen LogP contribution in [0.1, 0.15) is 6.42 Å². The molecule has 0 amide bonds. The standard InChI is InChI=1S/C16H17N/c1-2-3-13-17-16-12-8-7-11-15(16)14-9-5-4-6-10-14/h2,4-12,17H,1,3,13H2. The third-order valence-electron chi connectivity index (χ3n) is 2.68.